The fraction of sp³-hybridized carbons (Fsp3) is 0.188. The first-order valence-electron chi connectivity index (χ1n) is 7.19. The quantitative estimate of drug-likeness (QED) is 0.759. The molecule has 0 radical (unpaired) electrons. The van der Waals surface area contributed by atoms with Crippen LogP contribution in [0.3, 0.4) is 0 Å². The molecule has 7 heteroatoms. The Morgan fingerprint density at radius 2 is 2.22 bits per heavy atom. The summed E-state index contributed by atoms with van der Waals surface area (Å²) in [5.74, 6) is -0.653. The number of thiazole rings is 1. The third-order valence-corrected chi connectivity index (χ3v) is 4.89. The number of fused-ring (bicyclic) bond motifs is 3. The molecule has 2 heterocycles. The lowest BCUT2D eigenvalue weighted by molar-refractivity contribution is -0.122. The number of amides is 2. The molecule has 1 fully saturated rings. The van der Waals surface area contributed by atoms with Crippen molar-refractivity contribution in [3.8, 4) is 0 Å². The van der Waals surface area contributed by atoms with Gasteiger partial charge in [-0.15, -0.1) is 0 Å². The van der Waals surface area contributed by atoms with Crippen LogP contribution in [0.4, 0.5) is 9.52 Å². The number of nitrogens with one attached hydrogen (secondary N) is 2. The molecule has 116 valence electrons. The number of halogens is 1. The molecule has 2 N–H and O–H groups in total. The first-order valence-corrected chi connectivity index (χ1v) is 8.01. The highest BCUT2D eigenvalue weighted by molar-refractivity contribution is 7.23. The van der Waals surface area contributed by atoms with E-state index in [-0.39, 0.29) is 17.6 Å². The second kappa shape index (κ2) is 5.27. The van der Waals surface area contributed by atoms with E-state index >= 15 is 0 Å². The van der Waals surface area contributed by atoms with E-state index in [9.17, 15) is 14.0 Å². The summed E-state index contributed by atoms with van der Waals surface area (Å²) in [6.45, 7) is 0. The van der Waals surface area contributed by atoms with Crippen LogP contribution in [0.25, 0.3) is 21.0 Å². The fourth-order valence-electron chi connectivity index (χ4n) is 2.74. The van der Waals surface area contributed by atoms with Gasteiger partial charge in [-0.3, -0.25) is 9.59 Å². The van der Waals surface area contributed by atoms with Gasteiger partial charge in [0.05, 0.1) is 10.2 Å². The van der Waals surface area contributed by atoms with E-state index in [0.717, 1.165) is 21.0 Å². The molecule has 0 spiro atoms. The van der Waals surface area contributed by atoms with Crippen molar-refractivity contribution in [2.75, 3.05) is 5.32 Å². The Kier molecular flexibility index (Phi) is 3.23. The van der Waals surface area contributed by atoms with Crippen molar-refractivity contribution < 1.29 is 14.0 Å². The first-order chi connectivity index (χ1) is 11.1. The van der Waals surface area contributed by atoms with E-state index in [4.69, 9.17) is 0 Å². The monoisotopic (exact) mass is 329 g/mol. The highest BCUT2D eigenvalue weighted by Crippen LogP contribution is 2.33. The van der Waals surface area contributed by atoms with Gasteiger partial charge in [0.2, 0.25) is 11.8 Å². The normalized spacial score (nSPS) is 17.6. The molecule has 4 rings (SSSR count). The molecule has 5 nitrogen and oxygen atoms in total. The molecule has 1 aromatic heterocycles. The molecule has 0 aliphatic carbocycles. The second-order valence-corrected chi connectivity index (χ2v) is 6.45. The lowest BCUT2D eigenvalue weighted by Gasteiger charge is -2.08. The summed E-state index contributed by atoms with van der Waals surface area (Å²) in [4.78, 5) is 27.7. The molecule has 0 bridgehead atoms. The van der Waals surface area contributed by atoms with E-state index in [0.29, 0.717) is 18.0 Å². The summed E-state index contributed by atoms with van der Waals surface area (Å²) in [5, 5.41) is 7.55. The van der Waals surface area contributed by atoms with Crippen molar-refractivity contribution in [1.29, 1.82) is 0 Å². The van der Waals surface area contributed by atoms with Gasteiger partial charge < -0.3 is 10.6 Å². The maximum atomic E-state index is 13.3. The van der Waals surface area contributed by atoms with E-state index < -0.39 is 6.04 Å². The van der Waals surface area contributed by atoms with Crippen molar-refractivity contribution >= 4 is 49.3 Å². The van der Waals surface area contributed by atoms with Crippen LogP contribution in [-0.4, -0.2) is 22.8 Å². The van der Waals surface area contributed by atoms with Gasteiger partial charge in [0.15, 0.2) is 5.13 Å². The zero-order valence-electron chi connectivity index (χ0n) is 11.9. The Morgan fingerprint density at radius 1 is 1.35 bits per heavy atom. The van der Waals surface area contributed by atoms with Crippen LogP contribution in [0.5, 0.6) is 0 Å². The van der Waals surface area contributed by atoms with Gasteiger partial charge in [-0.05, 0) is 36.1 Å². The Balaban J connectivity index is 1.67. The van der Waals surface area contributed by atoms with Crippen molar-refractivity contribution in [2.45, 2.75) is 18.9 Å². The van der Waals surface area contributed by atoms with Gasteiger partial charge in [0.1, 0.15) is 11.9 Å². The topological polar surface area (TPSA) is 71.1 Å². The summed E-state index contributed by atoms with van der Waals surface area (Å²) in [6.07, 6.45) is 0.867. The average Bonchev–Trinajstić information content (AvgIpc) is 3.12. The summed E-state index contributed by atoms with van der Waals surface area (Å²) >= 11 is 1.34. The minimum atomic E-state index is -0.500. The minimum absolute atomic E-state index is 0.109. The van der Waals surface area contributed by atoms with Crippen molar-refractivity contribution in [2.24, 2.45) is 0 Å². The van der Waals surface area contributed by atoms with Crippen LogP contribution in [0.1, 0.15) is 12.8 Å². The fourth-order valence-corrected chi connectivity index (χ4v) is 3.74. The second-order valence-electron chi connectivity index (χ2n) is 5.45. The largest absolute Gasteiger partial charge is 0.344 e. The maximum Gasteiger partial charge on any atom is 0.248 e. The number of rotatable bonds is 2. The van der Waals surface area contributed by atoms with Crippen molar-refractivity contribution in [1.82, 2.24) is 10.3 Å². The van der Waals surface area contributed by atoms with Crippen LogP contribution < -0.4 is 10.6 Å². The SMILES string of the molecule is O=C1CCC(C(=O)Nc2nc3ccc4cc(F)ccc4c3s2)N1. The van der Waals surface area contributed by atoms with Crippen LogP contribution >= 0.6 is 11.3 Å². The third-order valence-electron chi connectivity index (χ3n) is 3.87. The van der Waals surface area contributed by atoms with Crippen LogP contribution in [0.2, 0.25) is 0 Å². The van der Waals surface area contributed by atoms with Gasteiger partial charge >= 0.3 is 0 Å². The predicted octanol–water partition coefficient (Wildman–Crippen LogP) is 2.81. The first kappa shape index (κ1) is 14.1. The minimum Gasteiger partial charge on any atom is -0.344 e. The zero-order valence-corrected chi connectivity index (χ0v) is 12.7. The maximum absolute atomic E-state index is 13.3. The van der Waals surface area contributed by atoms with Crippen molar-refractivity contribution in [3.05, 3.63) is 36.1 Å². The number of hydrogen-bond donors (Lipinski definition) is 2. The van der Waals surface area contributed by atoms with E-state index in [2.05, 4.69) is 15.6 Å². The number of aromatic nitrogens is 1. The van der Waals surface area contributed by atoms with Gasteiger partial charge in [0, 0.05) is 11.8 Å². The van der Waals surface area contributed by atoms with Gasteiger partial charge in [0.25, 0.3) is 0 Å². The third kappa shape index (κ3) is 2.53. The highest BCUT2D eigenvalue weighted by atomic mass is 32.1. The van der Waals surface area contributed by atoms with E-state index in [1.165, 1.54) is 23.5 Å². The summed E-state index contributed by atoms with van der Waals surface area (Å²) in [6, 6.07) is 7.72. The molecule has 23 heavy (non-hydrogen) atoms. The predicted molar refractivity (Wildman–Crippen MR) is 86.9 cm³/mol. The average molecular weight is 329 g/mol. The van der Waals surface area contributed by atoms with Crippen LogP contribution in [0.15, 0.2) is 30.3 Å². The van der Waals surface area contributed by atoms with Crippen LogP contribution in [-0.2, 0) is 9.59 Å². The molecule has 2 aromatic carbocycles. The number of carbonyl (C=O) groups is 2. The number of hydrogen-bond acceptors (Lipinski definition) is 4. The zero-order chi connectivity index (χ0) is 16.0. The molecule has 1 saturated heterocycles. The molecule has 3 aromatic rings. The van der Waals surface area contributed by atoms with E-state index in [1.807, 2.05) is 6.07 Å². The summed E-state index contributed by atoms with van der Waals surface area (Å²) < 4.78 is 14.2. The van der Waals surface area contributed by atoms with Crippen LogP contribution in [0, 0.1) is 5.82 Å². The smallest absolute Gasteiger partial charge is 0.248 e. The lowest BCUT2D eigenvalue weighted by atomic mass is 10.1. The van der Waals surface area contributed by atoms with Gasteiger partial charge in [-0.2, -0.15) is 0 Å². The number of nitrogens with zero attached hydrogens (tertiary/aromatic N) is 1. The van der Waals surface area contributed by atoms with Gasteiger partial charge in [-0.1, -0.05) is 17.4 Å². The van der Waals surface area contributed by atoms with E-state index in [1.54, 1.807) is 12.1 Å². The highest BCUT2D eigenvalue weighted by Gasteiger charge is 2.27. The number of anilines is 1. The number of carbonyl (C=O) groups excluding carboxylic acids is 2. The Labute approximate surface area is 134 Å². The number of benzene rings is 2. The molecule has 1 aliphatic heterocycles. The molecule has 1 atom stereocenters. The Morgan fingerprint density at radius 3 is 3.00 bits per heavy atom. The molecular weight excluding hydrogens is 317 g/mol. The Hall–Kier alpha value is -2.54. The molecular formula is C16H12FN3O2S. The molecule has 2 amide bonds. The molecule has 1 aliphatic rings. The summed E-state index contributed by atoms with van der Waals surface area (Å²) in [5.41, 5.74) is 0.750. The standard InChI is InChI=1S/C16H12FN3O2S/c17-9-2-3-10-8(7-9)1-4-11-14(10)23-16(19-11)20-15(22)12-5-6-13(21)18-12/h1-4,7,12H,5-6H2,(H,18,21)(H,19,20,22). The van der Waals surface area contributed by atoms with Crippen molar-refractivity contribution in [3.63, 3.8) is 0 Å². The summed E-state index contributed by atoms with van der Waals surface area (Å²) in [7, 11) is 0. The molecule has 0 saturated carbocycles. The Bertz CT molecular complexity index is 953. The van der Waals surface area contributed by atoms with Gasteiger partial charge in [-0.25, -0.2) is 9.37 Å². The lowest BCUT2D eigenvalue weighted by Crippen LogP contribution is -2.37. The molecule has 1 unspecified atom stereocenters.